The lowest BCUT2D eigenvalue weighted by Gasteiger charge is -2.42. The molecular weight excluding hydrogens is 528 g/mol. The highest BCUT2D eigenvalue weighted by Gasteiger charge is 2.27. The normalized spacial score (nSPS) is 22.1. The fraction of sp³-hybridized carbons (Fsp3) is 0.667. The number of phenolic OH excluding ortho intramolecular Hbond substituents is 1. The van der Waals surface area contributed by atoms with Gasteiger partial charge in [-0.05, 0) is 89.8 Å². The van der Waals surface area contributed by atoms with Gasteiger partial charge in [-0.25, -0.2) is 0 Å². The minimum absolute atomic E-state index is 0.467. The quantitative estimate of drug-likeness (QED) is 0.579. The van der Waals surface area contributed by atoms with Crippen molar-refractivity contribution in [1.29, 1.82) is 0 Å². The first kappa shape index (κ1) is 19.1. The van der Waals surface area contributed by atoms with Crippen molar-refractivity contribution >= 4 is 45.2 Å². The summed E-state index contributed by atoms with van der Waals surface area (Å²) in [6.45, 7) is 11.5. The Labute approximate surface area is 172 Å². The summed E-state index contributed by atoms with van der Waals surface area (Å²) in [6.07, 6.45) is 2.52. The van der Waals surface area contributed by atoms with Crippen molar-refractivity contribution in [1.82, 2.24) is 14.7 Å². The molecular formula is C18H27I2N3O. The molecule has 0 atom stereocenters. The third-order valence-corrected chi connectivity index (χ3v) is 6.87. The van der Waals surface area contributed by atoms with Crippen LogP contribution in [0.15, 0.2) is 12.1 Å². The number of likely N-dealkylation sites (tertiary alicyclic amines) is 1. The number of likely N-dealkylation sites (N-methyl/N-ethyl adjacent to an activating group) is 1. The molecule has 2 aliphatic heterocycles. The van der Waals surface area contributed by atoms with Crippen molar-refractivity contribution in [2.75, 3.05) is 45.8 Å². The summed E-state index contributed by atoms with van der Waals surface area (Å²) < 4.78 is 2.16. The van der Waals surface area contributed by atoms with Crippen LogP contribution in [-0.4, -0.2) is 71.7 Å². The van der Waals surface area contributed by atoms with E-state index in [1.54, 1.807) is 0 Å². The van der Waals surface area contributed by atoms with Crippen molar-refractivity contribution < 1.29 is 5.11 Å². The topological polar surface area (TPSA) is 30.0 Å². The van der Waals surface area contributed by atoms with Gasteiger partial charge in [-0.1, -0.05) is 6.92 Å². The van der Waals surface area contributed by atoms with E-state index < -0.39 is 0 Å². The Morgan fingerprint density at radius 3 is 2.29 bits per heavy atom. The molecule has 4 nitrogen and oxygen atoms in total. The standard InChI is InChI=1S/C18H27I2N3O/c1-2-21-7-9-23(10-8-21)16-3-5-22(6-4-16)13-14-11-15(19)12-17(20)18(14)24/h11-12,16,24H,2-10,13H2,1H3. The van der Waals surface area contributed by atoms with E-state index in [2.05, 4.69) is 72.9 Å². The van der Waals surface area contributed by atoms with E-state index in [0.717, 1.165) is 34.8 Å². The zero-order valence-electron chi connectivity index (χ0n) is 14.3. The first-order valence-electron chi connectivity index (χ1n) is 8.92. The lowest BCUT2D eigenvalue weighted by Crippen LogP contribution is -2.52. The summed E-state index contributed by atoms with van der Waals surface area (Å²) in [5.41, 5.74) is 1.07. The molecule has 134 valence electrons. The molecule has 1 aromatic carbocycles. The third-order valence-electron chi connectivity index (χ3n) is 5.43. The molecule has 1 aromatic rings. The summed E-state index contributed by atoms with van der Waals surface area (Å²) in [4.78, 5) is 7.75. The van der Waals surface area contributed by atoms with Gasteiger partial charge < -0.3 is 10.0 Å². The van der Waals surface area contributed by atoms with Gasteiger partial charge in [0.05, 0.1) is 3.57 Å². The van der Waals surface area contributed by atoms with Crippen molar-refractivity contribution in [2.24, 2.45) is 0 Å². The highest BCUT2D eigenvalue weighted by atomic mass is 127. The predicted molar refractivity (Wildman–Crippen MR) is 116 cm³/mol. The van der Waals surface area contributed by atoms with Crippen molar-refractivity contribution in [3.8, 4) is 5.75 Å². The van der Waals surface area contributed by atoms with Crippen LogP contribution in [0.25, 0.3) is 0 Å². The molecule has 0 amide bonds. The average Bonchev–Trinajstić information content (AvgIpc) is 2.60. The van der Waals surface area contributed by atoms with Crippen LogP contribution < -0.4 is 0 Å². The molecule has 0 saturated carbocycles. The Balaban J connectivity index is 1.51. The number of benzene rings is 1. The van der Waals surface area contributed by atoms with Crippen molar-refractivity contribution in [3.05, 3.63) is 24.8 Å². The Kier molecular flexibility index (Phi) is 7.04. The number of phenols is 1. The maximum atomic E-state index is 10.3. The van der Waals surface area contributed by atoms with Crippen molar-refractivity contribution in [3.63, 3.8) is 0 Å². The van der Waals surface area contributed by atoms with Gasteiger partial charge in [0.25, 0.3) is 0 Å². The molecule has 2 fully saturated rings. The molecule has 0 radical (unpaired) electrons. The number of nitrogens with zero attached hydrogens (tertiary/aromatic N) is 3. The third kappa shape index (κ3) is 4.75. The zero-order valence-corrected chi connectivity index (χ0v) is 18.7. The Morgan fingerprint density at radius 1 is 1.00 bits per heavy atom. The van der Waals surface area contributed by atoms with Gasteiger partial charge in [0, 0.05) is 47.9 Å². The first-order valence-corrected chi connectivity index (χ1v) is 11.1. The SMILES string of the molecule is CCN1CCN(C2CCN(Cc3cc(I)cc(I)c3O)CC2)CC1. The second-order valence-electron chi connectivity index (χ2n) is 6.87. The summed E-state index contributed by atoms with van der Waals surface area (Å²) in [7, 11) is 0. The minimum Gasteiger partial charge on any atom is -0.507 e. The van der Waals surface area contributed by atoms with Gasteiger partial charge >= 0.3 is 0 Å². The molecule has 1 N–H and O–H groups in total. The molecule has 6 heteroatoms. The van der Waals surface area contributed by atoms with E-state index in [1.807, 2.05) is 6.07 Å². The average molecular weight is 555 g/mol. The minimum atomic E-state index is 0.467. The molecule has 0 spiro atoms. The van der Waals surface area contributed by atoms with E-state index >= 15 is 0 Å². The predicted octanol–water partition coefficient (Wildman–Crippen LogP) is 3.20. The molecule has 2 saturated heterocycles. The van der Waals surface area contributed by atoms with E-state index in [1.165, 1.54) is 49.1 Å². The summed E-state index contributed by atoms with van der Waals surface area (Å²) in [5.74, 6) is 0.467. The van der Waals surface area contributed by atoms with Gasteiger partial charge in [-0.2, -0.15) is 0 Å². The van der Waals surface area contributed by atoms with E-state index in [4.69, 9.17) is 0 Å². The Hall–Kier alpha value is 0.360. The summed E-state index contributed by atoms with van der Waals surface area (Å²) >= 11 is 4.56. The van der Waals surface area contributed by atoms with Crippen LogP contribution in [0, 0.1) is 7.14 Å². The zero-order chi connectivity index (χ0) is 17.1. The Morgan fingerprint density at radius 2 is 1.67 bits per heavy atom. The van der Waals surface area contributed by atoms with Crippen LogP contribution in [0.4, 0.5) is 0 Å². The molecule has 0 bridgehead atoms. The number of hydrogen-bond donors (Lipinski definition) is 1. The highest BCUT2D eigenvalue weighted by Crippen LogP contribution is 2.29. The van der Waals surface area contributed by atoms with Crippen LogP contribution in [0.1, 0.15) is 25.3 Å². The molecule has 2 aliphatic rings. The van der Waals surface area contributed by atoms with Crippen LogP contribution >= 0.6 is 45.2 Å². The maximum absolute atomic E-state index is 10.3. The first-order chi connectivity index (χ1) is 11.6. The fourth-order valence-electron chi connectivity index (χ4n) is 3.87. The molecule has 0 aliphatic carbocycles. The van der Waals surface area contributed by atoms with E-state index in [9.17, 15) is 5.11 Å². The molecule has 3 rings (SSSR count). The number of halogens is 2. The second-order valence-corrected chi connectivity index (χ2v) is 9.28. The lowest BCUT2D eigenvalue weighted by atomic mass is 10.0. The number of aromatic hydroxyl groups is 1. The van der Waals surface area contributed by atoms with Gasteiger partial charge in [-0.15, -0.1) is 0 Å². The largest absolute Gasteiger partial charge is 0.507 e. The molecule has 24 heavy (non-hydrogen) atoms. The number of piperazine rings is 1. The number of piperidine rings is 1. The van der Waals surface area contributed by atoms with Crippen LogP contribution in [0.2, 0.25) is 0 Å². The molecule has 0 unspecified atom stereocenters. The Bertz CT molecular complexity index is 553. The fourth-order valence-corrected chi connectivity index (χ4v) is 5.83. The summed E-state index contributed by atoms with van der Waals surface area (Å²) in [5, 5.41) is 10.3. The monoisotopic (exact) mass is 555 g/mol. The highest BCUT2D eigenvalue weighted by molar-refractivity contribution is 14.1. The lowest BCUT2D eigenvalue weighted by molar-refractivity contribution is 0.0592. The van der Waals surface area contributed by atoms with Crippen molar-refractivity contribution in [2.45, 2.75) is 32.4 Å². The second kappa shape index (κ2) is 8.83. The molecule has 2 heterocycles. The van der Waals surface area contributed by atoms with Crippen LogP contribution in [0.3, 0.4) is 0 Å². The van der Waals surface area contributed by atoms with Gasteiger partial charge in [0.2, 0.25) is 0 Å². The van der Waals surface area contributed by atoms with Crippen LogP contribution in [0.5, 0.6) is 5.75 Å². The number of rotatable bonds is 4. The maximum Gasteiger partial charge on any atom is 0.133 e. The van der Waals surface area contributed by atoms with Gasteiger partial charge in [-0.3, -0.25) is 9.80 Å². The summed E-state index contributed by atoms with van der Waals surface area (Å²) in [6, 6.07) is 4.90. The van der Waals surface area contributed by atoms with Crippen LogP contribution in [-0.2, 0) is 6.54 Å². The van der Waals surface area contributed by atoms with Gasteiger partial charge in [0.1, 0.15) is 5.75 Å². The van der Waals surface area contributed by atoms with Gasteiger partial charge in [0.15, 0.2) is 0 Å². The number of hydrogen-bond acceptors (Lipinski definition) is 4. The van der Waals surface area contributed by atoms with E-state index in [0.29, 0.717) is 5.75 Å². The van der Waals surface area contributed by atoms with E-state index in [-0.39, 0.29) is 0 Å². The smallest absolute Gasteiger partial charge is 0.133 e. The molecule has 0 aromatic heterocycles.